The molecule has 2 aromatic heterocycles. The van der Waals surface area contributed by atoms with Gasteiger partial charge < -0.3 is 5.11 Å². The lowest BCUT2D eigenvalue weighted by atomic mass is 10.0. The Balaban J connectivity index is 2.08. The third-order valence-corrected chi connectivity index (χ3v) is 3.27. The van der Waals surface area contributed by atoms with Crippen LogP contribution in [0.25, 0.3) is 10.9 Å². The minimum absolute atomic E-state index is 0.673. The van der Waals surface area contributed by atoms with Gasteiger partial charge in [0.2, 0.25) is 0 Å². The summed E-state index contributed by atoms with van der Waals surface area (Å²) in [5.41, 5.74) is 2.56. The van der Waals surface area contributed by atoms with Crippen molar-refractivity contribution in [1.82, 2.24) is 14.8 Å². The van der Waals surface area contributed by atoms with Gasteiger partial charge in [-0.15, -0.1) is 0 Å². The Morgan fingerprint density at radius 2 is 2.11 bits per heavy atom. The molecule has 19 heavy (non-hydrogen) atoms. The van der Waals surface area contributed by atoms with E-state index in [0.29, 0.717) is 0 Å². The number of para-hydroxylation sites is 1. The zero-order valence-corrected chi connectivity index (χ0v) is 10.7. The van der Waals surface area contributed by atoms with Crippen LogP contribution in [-0.4, -0.2) is 19.9 Å². The molecule has 0 spiro atoms. The Bertz CT molecular complexity index is 700. The lowest BCUT2D eigenvalue weighted by molar-refractivity contribution is 0.221. The fourth-order valence-corrected chi connectivity index (χ4v) is 2.23. The van der Waals surface area contributed by atoms with Gasteiger partial charge >= 0.3 is 0 Å². The topological polar surface area (TPSA) is 50.9 Å². The Hall–Kier alpha value is -2.20. The van der Waals surface area contributed by atoms with Crippen molar-refractivity contribution < 1.29 is 5.11 Å². The van der Waals surface area contributed by atoms with E-state index in [4.69, 9.17) is 0 Å². The molecule has 4 nitrogen and oxygen atoms in total. The van der Waals surface area contributed by atoms with Crippen molar-refractivity contribution in [2.75, 3.05) is 0 Å². The molecule has 2 heterocycles. The van der Waals surface area contributed by atoms with Crippen molar-refractivity contribution >= 4 is 10.9 Å². The van der Waals surface area contributed by atoms with Crippen LogP contribution in [0.15, 0.2) is 48.9 Å². The Labute approximate surface area is 111 Å². The third-order valence-electron chi connectivity index (χ3n) is 3.27. The molecule has 1 unspecified atom stereocenters. The summed E-state index contributed by atoms with van der Waals surface area (Å²) in [5, 5.41) is 15.7. The van der Waals surface area contributed by atoms with Crippen molar-refractivity contribution in [1.29, 1.82) is 0 Å². The molecule has 0 amide bonds. The average molecular weight is 253 g/mol. The summed E-state index contributed by atoms with van der Waals surface area (Å²) in [6, 6.07) is 9.68. The van der Waals surface area contributed by atoms with Gasteiger partial charge in [-0.25, -0.2) is 0 Å². The molecule has 0 bridgehead atoms. The lowest BCUT2D eigenvalue weighted by Gasteiger charge is -2.11. The second-order valence-corrected chi connectivity index (χ2v) is 4.45. The fourth-order valence-electron chi connectivity index (χ4n) is 2.23. The van der Waals surface area contributed by atoms with Crippen molar-refractivity contribution in [2.24, 2.45) is 0 Å². The summed E-state index contributed by atoms with van der Waals surface area (Å²) in [4.78, 5) is 4.31. The summed E-state index contributed by atoms with van der Waals surface area (Å²) in [7, 11) is 0. The highest BCUT2D eigenvalue weighted by atomic mass is 16.3. The molecule has 0 radical (unpaired) electrons. The van der Waals surface area contributed by atoms with Crippen LogP contribution in [0.3, 0.4) is 0 Å². The average Bonchev–Trinajstić information content (AvgIpc) is 2.95. The van der Waals surface area contributed by atoms with Crippen molar-refractivity contribution in [3.63, 3.8) is 0 Å². The predicted molar refractivity (Wildman–Crippen MR) is 73.7 cm³/mol. The largest absolute Gasteiger partial charge is 0.384 e. The molecule has 1 aromatic carbocycles. The Morgan fingerprint density at radius 3 is 2.89 bits per heavy atom. The van der Waals surface area contributed by atoms with Gasteiger partial charge in [-0.2, -0.15) is 5.10 Å². The number of benzene rings is 1. The standard InChI is InChI=1S/C15H15N3O/c1-2-18-10-11(9-17-18)15(19)13-7-8-16-14-6-4-3-5-12(13)14/h3-10,15,19H,2H2,1H3. The minimum atomic E-state index is -0.673. The second-order valence-electron chi connectivity index (χ2n) is 4.45. The highest BCUT2D eigenvalue weighted by Crippen LogP contribution is 2.27. The van der Waals surface area contributed by atoms with Gasteiger partial charge in [0.1, 0.15) is 6.10 Å². The first-order valence-electron chi connectivity index (χ1n) is 6.33. The maximum atomic E-state index is 10.5. The molecular weight excluding hydrogens is 238 g/mol. The van der Waals surface area contributed by atoms with Crippen LogP contribution in [0.2, 0.25) is 0 Å². The van der Waals surface area contributed by atoms with E-state index in [1.807, 2.05) is 48.1 Å². The molecule has 1 atom stereocenters. The molecule has 4 heteroatoms. The monoisotopic (exact) mass is 253 g/mol. The number of aliphatic hydroxyl groups is 1. The molecule has 0 fully saturated rings. The highest BCUT2D eigenvalue weighted by molar-refractivity contribution is 5.82. The number of pyridine rings is 1. The van der Waals surface area contributed by atoms with Gasteiger partial charge in [0.05, 0.1) is 11.7 Å². The van der Waals surface area contributed by atoms with Gasteiger partial charge in [0.15, 0.2) is 0 Å². The molecule has 96 valence electrons. The maximum Gasteiger partial charge on any atom is 0.108 e. The number of hydrogen-bond donors (Lipinski definition) is 1. The molecule has 0 aliphatic carbocycles. The first-order chi connectivity index (χ1) is 9.29. The van der Waals surface area contributed by atoms with Crippen molar-refractivity contribution in [3.8, 4) is 0 Å². The molecule has 3 rings (SSSR count). The number of aromatic nitrogens is 3. The van der Waals surface area contributed by atoms with Crippen molar-refractivity contribution in [3.05, 3.63) is 60.0 Å². The fraction of sp³-hybridized carbons (Fsp3) is 0.200. The van der Waals surface area contributed by atoms with Crippen molar-refractivity contribution in [2.45, 2.75) is 19.6 Å². The van der Waals surface area contributed by atoms with Gasteiger partial charge in [0, 0.05) is 29.9 Å². The van der Waals surface area contributed by atoms with E-state index in [0.717, 1.165) is 28.6 Å². The van der Waals surface area contributed by atoms with E-state index in [1.165, 1.54) is 0 Å². The van der Waals surface area contributed by atoms with Crippen LogP contribution in [-0.2, 0) is 6.54 Å². The van der Waals surface area contributed by atoms with E-state index in [2.05, 4.69) is 10.1 Å². The number of aryl methyl sites for hydroxylation is 1. The number of hydrogen-bond acceptors (Lipinski definition) is 3. The molecule has 0 aliphatic rings. The molecule has 0 aliphatic heterocycles. The summed E-state index contributed by atoms with van der Waals surface area (Å²) < 4.78 is 1.81. The number of aliphatic hydroxyl groups excluding tert-OH is 1. The van der Waals surface area contributed by atoms with Crippen LogP contribution < -0.4 is 0 Å². The SMILES string of the molecule is CCn1cc(C(O)c2ccnc3ccccc23)cn1. The van der Waals surface area contributed by atoms with Gasteiger partial charge in [-0.3, -0.25) is 9.67 Å². The molecule has 0 saturated heterocycles. The number of rotatable bonds is 3. The van der Waals surface area contributed by atoms with E-state index in [1.54, 1.807) is 12.4 Å². The molecule has 1 N–H and O–H groups in total. The number of fused-ring (bicyclic) bond motifs is 1. The lowest BCUT2D eigenvalue weighted by Crippen LogP contribution is -2.00. The summed E-state index contributed by atoms with van der Waals surface area (Å²) in [5.74, 6) is 0. The van der Waals surface area contributed by atoms with Gasteiger partial charge in [-0.05, 0) is 24.6 Å². The molecular formula is C15H15N3O. The third kappa shape index (κ3) is 2.11. The zero-order valence-electron chi connectivity index (χ0n) is 10.7. The number of nitrogens with zero attached hydrogens (tertiary/aromatic N) is 3. The van der Waals surface area contributed by atoms with E-state index in [-0.39, 0.29) is 0 Å². The van der Waals surface area contributed by atoms with Crippen LogP contribution in [0.1, 0.15) is 24.2 Å². The first-order valence-corrected chi connectivity index (χ1v) is 6.33. The van der Waals surface area contributed by atoms with Gasteiger partial charge in [0.25, 0.3) is 0 Å². The van der Waals surface area contributed by atoms with Crippen LogP contribution in [0.5, 0.6) is 0 Å². The molecule has 3 aromatic rings. The Morgan fingerprint density at radius 1 is 1.26 bits per heavy atom. The van der Waals surface area contributed by atoms with E-state index < -0.39 is 6.10 Å². The predicted octanol–water partition coefficient (Wildman–Crippen LogP) is 2.53. The summed E-state index contributed by atoms with van der Waals surface area (Å²) in [6.07, 6.45) is 4.64. The zero-order chi connectivity index (χ0) is 13.2. The highest BCUT2D eigenvalue weighted by Gasteiger charge is 2.15. The quantitative estimate of drug-likeness (QED) is 0.780. The maximum absolute atomic E-state index is 10.5. The van der Waals surface area contributed by atoms with Crippen LogP contribution in [0.4, 0.5) is 0 Å². The Kier molecular flexibility index (Phi) is 3.01. The smallest absolute Gasteiger partial charge is 0.108 e. The minimum Gasteiger partial charge on any atom is -0.384 e. The molecule has 0 saturated carbocycles. The van der Waals surface area contributed by atoms with E-state index >= 15 is 0 Å². The first kappa shape index (κ1) is 11.9. The second kappa shape index (κ2) is 4.82. The van der Waals surface area contributed by atoms with Gasteiger partial charge in [-0.1, -0.05) is 18.2 Å². The van der Waals surface area contributed by atoms with E-state index in [9.17, 15) is 5.11 Å². The normalized spacial score (nSPS) is 12.7. The summed E-state index contributed by atoms with van der Waals surface area (Å²) in [6.45, 7) is 2.81. The van der Waals surface area contributed by atoms with Crippen LogP contribution in [0, 0.1) is 0 Å². The van der Waals surface area contributed by atoms with Crippen LogP contribution >= 0.6 is 0 Å². The summed E-state index contributed by atoms with van der Waals surface area (Å²) >= 11 is 0.